The third-order valence-electron chi connectivity index (χ3n) is 4.59. The fraction of sp³-hybridized carbons (Fsp3) is 0.300. The highest BCUT2D eigenvalue weighted by atomic mass is 32.2. The predicted molar refractivity (Wildman–Crippen MR) is 118 cm³/mol. The minimum absolute atomic E-state index is 0.0687. The van der Waals surface area contributed by atoms with Crippen LogP contribution < -0.4 is 10.6 Å². The van der Waals surface area contributed by atoms with Gasteiger partial charge in [-0.05, 0) is 29.8 Å². The number of benzene rings is 2. The smallest absolute Gasteiger partial charge is 0.387 e. The molecule has 32 heavy (non-hydrogen) atoms. The van der Waals surface area contributed by atoms with Gasteiger partial charge >= 0.3 is 6.61 Å². The molecular formula is C20H23F2N5O3S2. The quantitative estimate of drug-likeness (QED) is 0.347. The average Bonchev–Trinajstić information content (AvgIpc) is 3.13. The van der Waals surface area contributed by atoms with E-state index in [9.17, 15) is 17.2 Å². The van der Waals surface area contributed by atoms with Crippen LogP contribution in [0.3, 0.4) is 0 Å². The highest BCUT2D eigenvalue weighted by Crippen LogP contribution is 2.27. The molecule has 1 aromatic heterocycles. The number of alkyl halides is 2. The van der Waals surface area contributed by atoms with E-state index in [1.54, 1.807) is 38.1 Å². The first-order valence-corrected chi connectivity index (χ1v) is 12.2. The number of ether oxygens (including phenoxy) is 1. The van der Waals surface area contributed by atoms with E-state index in [1.165, 1.54) is 45.0 Å². The van der Waals surface area contributed by atoms with E-state index in [-0.39, 0.29) is 10.6 Å². The molecule has 0 aliphatic heterocycles. The lowest BCUT2D eigenvalue weighted by Crippen LogP contribution is -2.30. The minimum atomic E-state index is -3.63. The number of sulfonamides is 1. The number of nitrogens with zero attached hydrogens (tertiary/aromatic N) is 4. The molecule has 172 valence electrons. The summed E-state index contributed by atoms with van der Waals surface area (Å²) >= 11 is 1.26. The summed E-state index contributed by atoms with van der Waals surface area (Å²) in [6.07, 6.45) is 0. The zero-order valence-electron chi connectivity index (χ0n) is 17.5. The van der Waals surface area contributed by atoms with E-state index in [2.05, 4.69) is 14.9 Å². The second kappa shape index (κ2) is 10.3. The first kappa shape index (κ1) is 24.0. The third-order valence-corrected chi connectivity index (χ3v) is 7.65. The van der Waals surface area contributed by atoms with Gasteiger partial charge in [0, 0.05) is 24.4 Å². The number of hydrogen-bond donors (Lipinski definition) is 1. The maximum atomic E-state index is 12.8. The molecule has 0 saturated carbocycles. The third kappa shape index (κ3) is 5.37. The first-order valence-electron chi connectivity index (χ1n) is 9.73. The summed E-state index contributed by atoms with van der Waals surface area (Å²) in [7, 11) is -3.63. The van der Waals surface area contributed by atoms with Gasteiger partial charge in [-0.3, -0.25) is 0 Å². The van der Waals surface area contributed by atoms with Crippen LogP contribution in [-0.2, 0) is 15.8 Å². The van der Waals surface area contributed by atoms with Gasteiger partial charge in [0.25, 0.3) is 0 Å². The van der Waals surface area contributed by atoms with Gasteiger partial charge in [-0.15, -0.1) is 10.2 Å². The minimum Gasteiger partial charge on any atom is -0.435 e. The number of nitrogens with two attached hydrogens (primary N) is 1. The van der Waals surface area contributed by atoms with Gasteiger partial charge in [-0.1, -0.05) is 49.9 Å². The summed E-state index contributed by atoms with van der Waals surface area (Å²) in [6, 6.07) is 12.7. The molecule has 3 rings (SSSR count). The number of halogens is 2. The first-order chi connectivity index (χ1) is 15.3. The zero-order chi connectivity index (χ0) is 23.3. The summed E-state index contributed by atoms with van der Waals surface area (Å²) < 4.78 is 57.5. The summed E-state index contributed by atoms with van der Waals surface area (Å²) in [5.41, 5.74) is 1.25. The maximum Gasteiger partial charge on any atom is 0.387 e. The maximum absolute atomic E-state index is 12.8. The van der Waals surface area contributed by atoms with E-state index in [1.807, 2.05) is 0 Å². The molecule has 0 saturated heterocycles. The number of nitrogen functional groups attached to an aromatic ring is 1. The van der Waals surface area contributed by atoms with Crippen molar-refractivity contribution in [2.75, 3.05) is 18.9 Å². The zero-order valence-corrected chi connectivity index (χ0v) is 19.1. The molecule has 1 heterocycles. The molecule has 0 unspecified atom stereocenters. The van der Waals surface area contributed by atoms with Crippen LogP contribution in [0.2, 0.25) is 0 Å². The SMILES string of the molecule is CCN(CC)S(=O)(=O)c1cccc(-c2nnc(SCc3cccc(OC(F)F)c3)n2N)c1. The lowest BCUT2D eigenvalue weighted by molar-refractivity contribution is -0.0498. The van der Waals surface area contributed by atoms with Crippen LogP contribution in [0.1, 0.15) is 19.4 Å². The Balaban J connectivity index is 1.80. The van der Waals surface area contributed by atoms with Gasteiger partial charge in [-0.2, -0.15) is 13.1 Å². The van der Waals surface area contributed by atoms with Crippen molar-refractivity contribution < 1.29 is 21.9 Å². The molecule has 2 aromatic carbocycles. The van der Waals surface area contributed by atoms with Crippen molar-refractivity contribution in [1.82, 2.24) is 19.2 Å². The van der Waals surface area contributed by atoms with Crippen molar-refractivity contribution >= 4 is 21.8 Å². The Morgan fingerprint density at radius 1 is 1.12 bits per heavy atom. The molecule has 0 aliphatic carbocycles. The Hall–Kier alpha value is -2.70. The Kier molecular flexibility index (Phi) is 7.69. The molecule has 8 nitrogen and oxygen atoms in total. The molecule has 0 radical (unpaired) electrons. The largest absolute Gasteiger partial charge is 0.435 e. The Morgan fingerprint density at radius 2 is 1.84 bits per heavy atom. The molecule has 2 N–H and O–H groups in total. The number of aromatic nitrogens is 3. The van der Waals surface area contributed by atoms with E-state index in [0.29, 0.717) is 35.4 Å². The highest BCUT2D eigenvalue weighted by Gasteiger charge is 2.23. The van der Waals surface area contributed by atoms with Gasteiger partial charge in [0.15, 0.2) is 5.82 Å². The molecule has 3 aromatic rings. The van der Waals surface area contributed by atoms with E-state index in [4.69, 9.17) is 5.84 Å². The van der Waals surface area contributed by atoms with Crippen LogP contribution in [0.4, 0.5) is 8.78 Å². The standard InChI is InChI=1S/C20H23F2N5O3S2/c1-3-26(4-2)32(28,29)17-10-6-8-15(12-17)18-24-25-20(27(18)23)31-13-14-7-5-9-16(11-14)30-19(21)22/h5-12,19H,3-4,13,23H2,1-2H3. The van der Waals surface area contributed by atoms with Crippen LogP contribution in [0, 0.1) is 0 Å². The highest BCUT2D eigenvalue weighted by molar-refractivity contribution is 7.98. The van der Waals surface area contributed by atoms with Crippen LogP contribution in [0.5, 0.6) is 5.75 Å². The molecule has 0 fully saturated rings. The number of thioether (sulfide) groups is 1. The fourth-order valence-electron chi connectivity index (χ4n) is 3.04. The van der Waals surface area contributed by atoms with Crippen LogP contribution >= 0.6 is 11.8 Å². The lowest BCUT2D eigenvalue weighted by atomic mass is 10.2. The van der Waals surface area contributed by atoms with Crippen molar-refractivity contribution in [3.63, 3.8) is 0 Å². The van der Waals surface area contributed by atoms with Crippen molar-refractivity contribution in [3.05, 3.63) is 54.1 Å². The lowest BCUT2D eigenvalue weighted by Gasteiger charge is -2.18. The summed E-state index contributed by atoms with van der Waals surface area (Å²) in [6.45, 7) is 1.38. The normalized spacial score (nSPS) is 11.9. The Bertz CT molecular complexity index is 1170. The van der Waals surface area contributed by atoms with Crippen molar-refractivity contribution in [2.45, 2.75) is 36.3 Å². The molecular weight excluding hydrogens is 460 g/mol. The molecule has 0 spiro atoms. The second-order valence-corrected chi connectivity index (χ2v) is 9.49. The van der Waals surface area contributed by atoms with E-state index in [0.717, 1.165) is 5.56 Å². The topological polar surface area (TPSA) is 103 Å². The van der Waals surface area contributed by atoms with Crippen LogP contribution in [0.25, 0.3) is 11.4 Å². The van der Waals surface area contributed by atoms with Crippen LogP contribution in [0.15, 0.2) is 58.6 Å². The average molecular weight is 484 g/mol. The molecule has 0 bridgehead atoms. The summed E-state index contributed by atoms with van der Waals surface area (Å²) in [4.78, 5) is 0.145. The predicted octanol–water partition coefficient (Wildman–Crippen LogP) is 3.58. The Morgan fingerprint density at radius 3 is 2.53 bits per heavy atom. The van der Waals surface area contributed by atoms with Crippen LogP contribution in [-0.4, -0.2) is 47.3 Å². The van der Waals surface area contributed by atoms with Gasteiger partial charge in [-0.25, -0.2) is 13.1 Å². The number of hydrogen-bond acceptors (Lipinski definition) is 7. The fourth-order valence-corrected chi connectivity index (χ4v) is 5.34. The molecule has 12 heteroatoms. The van der Waals surface area contributed by atoms with Crippen molar-refractivity contribution in [3.8, 4) is 17.1 Å². The van der Waals surface area contributed by atoms with Gasteiger partial charge in [0.2, 0.25) is 15.2 Å². The summed E-state index contributed by atoms with van der Waals surface area (Å²) in [5, 5.41) is 8.56. The van der Waals surface area contributed by atoms with Gasteiger partial charge in [0.05, 0.1) is 4.90 Å². The Labute approximate surface area is 189 Å². The van der Waals surface area contributed by atoms with Gasteiger partial charge < -0.3 is 10.6 Å². The van der Waals surface area contributed by atoms with Gasteiger partial charge in [0.1, 0.15) is 5.75 Å². The molecule has 0 amide bonds. The van der Waals surface area contributed by atoms with E-state index >= 15 is 0 Å². The van der Waals surface area contributed by atoms with Crippen molar-refractivity contribution in [2.24, 2.45) is 0 Å². The second-order valence-electron chi connectivity index (χ2n) is 6.61. The van der Waals surface area contributed by atoms with E-state index < -0.39 is 16.6 Å². The molecule has 0 atom stereocenters. The molecule has 0 aliphatic rings. The summed E-state index contributed by atoms with van der Waals surface area (Å²) in [5.74, 6) is 6.92. The number of rotatable bonds is 10. The van der Waals surface area contributed by atoms with Crippen molar-refractivity contribution in [1.29, 1.82) is 0 Å². The monoisotopic (exact) mass is 483 g/mol.